The van der Waals surface area contributed by atoms with Crippen LogP contribution in [0.5, 0.6) is 0 Å². The van der Waals surface area contributed by atoms with Crippen LogP contribution in [0.15, 0.2) is 54.6 Å². The van der Waals surface area contributed by atoms with Crippen molar-refractivity contribution >= 4 is 5.97 Å². The first-order chi connectivity index (χ1) is 9.72. The number of benzene rings is 2. The Balaban J connectivity index is 2.08. The van der Waals surface area contributed by atoms with Gasteiger partial charge in [-0.3, -0.25) is 4.79 Å². The normalized spacial score (nSPS) is 21.2. The van der Waals surface area contributed by atoms with Gasteiger partial charge in [0.2, 0.25) is 0 Å². The summed E-state index contributed by atoms with van der Waals surface area (Å²) in [6.07, 6.45) is 3.21. The predicted octanol–water partition coefficient (Wildman–Crippen LogP) is 3.59. The van der Waals surface area contributed by atoms with Gasteiger partial charge in [0.05, 0.1) is 5.41 Å². The van der Waals surface area contributed by atoms with Crippen LogP contribution in [0.4, 0.5) is 0 Å². The van der Waals surface area contributed by atoms with Crippen LogP contribution in [-0.4, -0.2) is 11.1 Å². The molecule has 1 N–H and O–H groups in total. The Kier molecular flexibility index (Phi) is 3.31. The van der Waals surface area contributed by atoms with Gasteiger partial charge in [-0.05, 0) is 42.4 Å². The Morgan fingerprint density at radius 3 is 2.50 bits per heavy atom. The first-order valence-corrected chi connectivity index (χ1v) is 7.08. The first kappa shape index (κ1) is 12.9. The van der Waals surface area contributed by atoms with E-state index < -0.39 is 11.4 Å². The van der Waals surface area contributed by atoms with E-state index in [9.17, 15) is 9.90 Å². The quantitative estimate of drug-likeness (QED) is 0.921. The zero-order valence-corrected chi connectivity index (χ0v) is 11.4. The van der Waals surface area contributed by atoms with Gasteiger partial charge in [-0.15, -0.1) is 0 Å². The number of hydrogen-bond donors (Lipinski definition) is 1. The predicted molar refractivity (Wildman–Crippen MR) is 78.8 cm³/mol. The lowest BCUT2D eigenvalue weighted by atomic mass is 9.67. The van der Waals surface area contributed by atoms with Crippen LogP contribution in [0.1, 0.15) is 29.5 Å². The number of carboxylic acids is 1. The molecule has 2 heteroatoms. The van der Waals surface area contributed by atoms with Crippen molar-refractivity contribution in [3.63, 3.8) is 0 Å². The van der Waals surface area contributed by atoms with Crippen LogP contribution in [0.2, 0.25) is 0 Å². The summed E-state index contributed by atoms with van der Waals surface area (Å²) in [5, 5.41) is 9.90. The molecule has 2 aromatic rings. The van der Waals surface area contributed by atoms with Crippen LogP contribution >= 0.6 is 0 Å². The summed E-state index contributed by atoms with van der Waals surface area (Å²) in [6.45, 7) is 0. The summed E-state index contributed by atoms with van der Waals surface area (Å²) < 4.78 is 0. The highest BCUT2D eigenvalue weighted by atomic mass is 16.4. The molecule has 1 aliphatic rings. The number of hydrogen-bond acceptors (Lipinski definition) is 1. The molecule has 0 amide bonds. The lowest BCUT2D eigenvalue weighted by Gasteiger charge is -2.35. The molecule has 2 nitrogen and oxygen atoms in total. The van der Waals surface area contributed by atoms with Gasteiger partial charge >= 0.3 is 5.97 Å². The molecule has 1 aliphatic carbocycles. The SMILES string of the molecule is O=C(O)C1(Cc2ccccc2)CCCc2ccccc21. The summed E-state index contributed by atoms with van der Waals surface area (Å²) in [4.78, 5) is 12.0. The molecule has 1 unspecified atom stereocenters. The molecule has 20 heavy (non-hydrogen) atoms. The number of fused-ring (bicyclic) bond motifs is 1. The third-order valence-corrected chi connectivity index (χ3v) is 4.34. The lowest BCUT2D eigenvalue weighted by molar-refractivity contribution is -0.144. The average molecular weight is 266 g/mol. The van der Waals surface area contributed by atoms with Crippen molar-refractivity contribution in [2.45, 2.75) is 31.1 Å². The van der Waals surface area contributed by atoms with E-state index in [1.54, 1.807) is 0 Å². The standard InChI is InChI=1S/C18H18O2/c19-17(20)18(13-14-7-2-1-3-8-14)12-6-10-15-9-4-5-11-16(15)18/h1-5,7-9,11H,6,10,12-13H2,(H,19,20). The van der Waals surface area contributed by atoms with Crippen LogP contribution < -0.4 is 0 Å². The summed E-state index contributed by atoms with van der Waals surface area (Å²) in [6, 6.07) is 17.9. The van der Waals surface area contributed by atoms with E-state index in [1.165, 1.54) is 5.56 Å². The number of rotatable bonds is 3. The van der Waals surface area contributed by atoms with Crippen molar-refractivity contribution in [3.05, 3.63) is 71.3 Å². The second-order valence-electron chi connectivity index (χ2n) is 5.56. The Hall–Kier alpha value is -2.09. The molecule has 102 valence electrons. The van der Waals surface area contributed by atoms with Crippen molar-refractivity contribution in [3.8, 4) is 0 Å². The maximum absolute atomic E-state index is 12.0. The van der Waals surface area contributed by atoms with Gasteiger partial charge in [-0.2, -0.15) is 0 Å². The smallest absolute Gasteiger partial charge is 0.314 e. The fourth-order valence-corrected chi connectivity index (χ4v) is 3.35. The highest BCUT2D eigenvalue weighted by Crippen LogP contribution is 2.40. The van der Waals surface area contributed by atoms with Crippen molar-refractivity contribution in [2.24, 2.45) is 0 Å². The largest absolute Gasteiger partial charge is 0.481 e. The maximum Gasteiger partial charge on any atom is 0.314 e. The molecule has 0 radical (unpaired) electrons. The lowest BCUT2D eigenvalue weighted by Crippen LogP contribution is -2.41. The molecule has 0 bridgehead atoms. The molecule has 0 heterocycles. The molecule has 2 aromatic carbocycles. The molecule has 0 saturated carbocycles. The van der Waals surface area contributed by atoms with E-state index in [-0.39, 0.29) is 0 Å². The van der Waals surface area contributed by atoms with Gasteiger partial charge < -0.3 is 5.11 Å². The number of carbonyl (C=O) groups is 1. The Labute approximate surface area is 119 Å². The highest BCUT2D eigenvalue weighted by Gasteiger charge is 2.43. The van der Waals surface area contributed by atoms with Gasteiger partial charge in [0.15, 0.2) is 0 Å². The minimum atomic E-state index is -0.768. The van der Waals surface area contributed by atoms with Crippen LogP contribution in [0, 0.1) is 0 Å². The summed E-state index contributed by atoms with van der Waals surface area (Å²) in [5.41, 5.74) is 2.52. The summed E-state index contributed by atoms with van der Waals surface area (Å²) in [7, 11) is 0. The molecule has 0 aromatic heterocycles. The second-order valence-corrected chi connectivity index (χ2v) is 5.56. The third-order valence-electron chi connectivity index (χ3n) is 4.34. The fraction of sp³-hybridized carbons (Fsp3) is 0.278. The second kappa shape index (κ2) is 5.12. The summed E-state index contributed by atoms with van der Waals surface area (Å²) >= 11 is 0. The molecular weight excluding hydrogens is 248 g/mol. The molecule has 0 spiro atoms. The summed E-state index contributed by atoms with van der Waals surface area (Å²) in [5.74, 6) is -0.700. The van der Waals surface area contributed by atoms with Crippen LogP contribution in [0.3, 0.4) is 0 Å². The number of aliphatic carboxylic acids is 1. The van der Waals surface area contributed by atoms with Gasteiger partial charge in [-0.25, -0.2) is 0 Å². The van der Waals surface area contributed by atoms with Crippen molar-refractivity contribution in [2.75, 3.05) is 0 Å². The van der Waals surface area contributed by atoms with Crippen LogP contribution in [0.25, 0.3) is 0 Å². The Morgan fingerprint density at radius 2 is 1.75 bits per heavy atom. The molecule has 0 saturated heterocycles. The third kappa shape index (κ3) is 2.11. The average Bonchev–Trinajstić information content (AvgIpc) is 2.48. The zero-order valence-electron chi connectivity index (χ0n) is 11.4. The minimum Gasteiger partial charge on any atom is -0.481 e. The monoisotopic (exact) mass is 266 g/mol. The fourth-order valence-electron chi connectivity index (χ4n) is 3.35. The maximum atomic E-state index is 12.0. The number of aryl methyl sites for hydroxylation is 1. The molecule has 0 aliphatic heterocycles. The minimum absolute atomic E-state index is 0.570. The first-order valence-electron chi connectivity index (χ1n) is 7.08. The van der Waals surface area contributed by atoms with Gasteiger partial charge in [0, 0.05) is 0 Å². The van der Waals surface area contributed by atoms with E-state index in [2.05, 4.69) is 6.07 Å². The van der Waals surface area contributed by atoms with E-state index in [0.29, 0.717) is 12.8 Å². The van der Waals surface area contributed by atoms with E-state index in [0.717, 1.165) is 24.0 Å². The van der Waals surface area contributed by atoms with E-state index in [4.69, 9.17) is 0 Å². The van der Waals surface area contributed by atoms with E-state index >= 15 is 0 Å². The topological polar surface area (TPSA) is 37.3 Å². The van der Waals surface area contributed by atoms with E-state index in [1.807, 2.05) is 48.5 Å². The highest BCUT2D eigenvalue weighted by molar-refractivity contribution is 5.83. The Morgan fingerprint density at radius 1 is 1.05 bits per heavy atom. The van der Waals surface area contributed by atoms with Gasteiger partial charge in [-0.1, -0.05) is 54.6 Å². The van der Waals surface area contributed by atoms with Crippen molar-refractivity contribution in [1.29, 1.82) is 0 Å². The van der Waals surface area contributed by atoms with Crippen LogP contribution in [-0.2, 0) is 23.1 Å². The van der Waals surface area contributed by atoms with Crippen molar-refractivity contribution in [1.82, 2.24) is 0 Å². The van der Waals surface area contributed by atoms with Gasteiger partial charge in [0.1, 0.15) is 0 Å². The van der Waals surface area contributed by atoms with Crippen molar-refractivity contribution < 1.29 is 9.90 Å². The number of carboxylic acid groups (broad SMARTS) is 1. The Bertz CT molecular complexity index is 618. The zero-order chi connectivity index (χ0) is 14.0. The molecule has 1 atom stereocenters. The molecule has 3 rings (SSSR count). The molecular formula is C18H18O2. The van der Waals surface area contributed by atoms with Gasteiger partial charge in [0.25, 0.3) is 0 Å². The molecule has 0 fully saturated rings.